The van der Waals surface area contributed by atoms with Gasteiger partial charge in [0.2, 0.25) is 0 Å². The molecule has 1 heterocycles. The Morgan fingerprint density at radius 3 is 2.56 bits per heavy atom. The molecule has 0 amide bonds. The molecule has 2 N–H and O–H groups in total. The molecule has 1 aromatic carbocycles. The smallest absolute Gasteiger partial charge is 0.423 e. The molecule has 0 bridgehead atoms. The summed E-state index contributed by atoms with van der Waals surface area (Å²) < 4.78 is 0. The maximum Gasteiger partial charge on any atom is 0.488 e. The van der Waals surface area contributed by atoms with Crippen LogP contribution in [0.1, 0.15) is 19.4 Å². The van der Waals surface area contributed by atoms with Gasteiger partial charge in [-0.3, -0.25) is 4.90 Å². The van der Waals surface area contributed by atoms with E-state index >= 15 is 0 Å². The van der Waals surface area contributed by atoms with E-state index in [4.69, 9.17) is 10.0 Å². The Labute approximate surface area is 113 Å². The summed E-state index contributed by atoms with van der Waals surface area (Å²) in [6, 6.07) is 8.12. The van der Waals surface area contributed by atoms with Crippen molar-refractivity contribution in [2.24, 2.45) is 0 Å². The molecule has 18 heavy (non-hydrogen) atoms. The SMILES string of the molecule is CC1SCCN(Cc2ccc(B(O)O)cc2)C1C. The average Bonchev–Trinajstić information content (AvgIpc) is 2.36. The molecular weight excluding hydrogens is 245 g/mol. The molecule has 0 radical (unpaired) electrons. The van der Waals surface area contributed by atoms with E-state index in [-0.39, 0.29) is 0 Å². The van der Waals surface area contributed by atoms with Crippen molar-refractivity contribution in [2.45, 2.75) is 31.7 Å². The van der Waals surface area contributed by atoms with E-state index in [1.54, 1.807) is 12.1 Å². The van der Waals surface area contributed by atoms with Gasteiger partial charge in [0.05, 0.1) is 0 Å². The summed E-state index contributed by atoms with van der Waals surface area (Å²) in [7, 11) is -1.37. The summed E-state index contributed by atoms with van der Waals surface area (Å²) in [5, 5.41) is 18.8. The molecule has 0 saturated carbocycles. The van der Waals surface area contributed by atoms with Gasteiger partial charge in [-0.2, -0.15) is 11.8 Å². The molecule has 5 heteroatoms. The molecule has 1 fully saturated rings. The van der Waals surface area contributed by atoms with E-state index in [1.165, 1.54) is 11.3 Å². The van der Waals surface area contributed by atoms with E-state index in [9.17, 15) is 0 Å². The van der Waals surface area contributed by atoms with Crippen LogP contribution in [0.5, 0.6) is 0 Å². The van der Waals surface area contributed by atoms with Gasteiger partial charge in [0, 0.05) is 30.1 Å². The van der Waals surface area contributed by atoms with E-state index in [0.29, 0.717) is 16.8 Å². The molecule has 1 aliphatic heterocycles. The van der Waals surface area contributed by atoms with Gasteiger partial charge in [0.15, 0.2) is 0 Å². The van der Waals surface area contributed by atoms with E-state index < -0.39 is 7.12 Å². The van der Waals surface area contributed by atoms with Gasteiger partial charge in [-0.1, -0.05) is 31.2 Å². The molecule has 1 saturated heterocycles. The summed E-state index contributed by atoms with van der Waals surface area (Å²) in [5.41, 5.74) is 1.78. The summed E-state index contributed by atoms with van der Waals surface area (Å²) in [5.74, 6) is 1.19. The quantitative estimate of drug-likeness (QED) is 0.789. The van der Waals surface area contributed by atoms with Crippen molar-refractivity contribution in [3.63, 3.8) is 0 Å². The molecule has 2 rings (SSSR count). The summed E-state index contributed by atoms with van der Waals surface area (Å²) >= 11 is 2.04. The van der Waals surface area contributed by atoms with Crippen LogP contribution in [-0.4, -0.2) is 45.7 Å². The first-order chi connectivity index (χ1) is 8.58. The second kappa shape index (κ2) is 6.11. The van der Waals surface area contributed by atoms with Gasteiger partial charge in [-0.25, -0.2) is 0 Å². The van der Waals surface area contributed by atoms with E-state index in [0.717, 1.165) is 13.1 Å². The van der Waals surface area contributed by atoms with Crippen LogP contribution in [0.25, 0.3) is 0 Å². The van der Waals surface area contributed by atoms with Gasteiger partial charge in [-0.15, -0.1) is 0 Å². The number of hydrogen-bond acceptors (Lipinski definition) is 4. The Kier molecular flexibility index (Phi) is 4.73. The Hall–Kier alpha value is -0.485. The van der Waals surface area contributed by atoms with Crippen molar-refractivity contribution < 1.29 is 10.0 Å². The summed E-state index contributed by atoms with van der Waals surface area (Å²) in [6.07, 6.45) is 0. The lowest BCUT2D eigenvalue weighted by Gasteiger charge is -2.37. The minimum absolute atomic E-state index is 0.550. The Balaban J connectivity index is 2.00. The zero-order valence-corrected chi connectivity index (χ0v) is 11.7. The van der Waals surface area contributed by atoms with Gasteiger partial charge >= 0.3 is 7.12 Å². The molecule has 1 aromatic rings. The molecular formula is C13H20BNO2S. The van der Waals surface area contributed by atoms with Crippen LogP contribution < -0.4 is 5.46 Å². The number of thioether (sulfide) groups is 1. The van der Waals surface area contributed by atoms with Gasteiger partial charge in [0.25, 0.3) is 0 Å². The Morgan fingerprint density at radius 1 is 1.28 bits per heavy atom. The standard InChI is InChI=1S/C13H20BNO2S/c1-10-11(2)18-8-7-15(10)9-12-3-5-13(6-4-12)14(16)17/h3-6,10-11,16-17H,7-9H2,1-2H3. The lowest BCUT2D eigenvalue weighted by Crippen LogP contribution is -2.44. The fraction of sp³-hybridized carbons (Fsp3) is 0.538. The van der Waals surface area contributed by atoms with Crippen LogP contribution in [0, 0.1) is 0 Å². The number of hydrogen-bond donors (Lipinski definition) is 2. The third-order valence-corrected chi connectivity index (χ3v) is 5.02. The predicted molar refractivity (Wildman–Crippen MR) is 78.1 cm³/mol. The zero-order valence-electron chi connectivity index (χ0n) is 10.9. The van der Waals surface area contributed by atoms with Crippen molar-refractivity contribution in [3.8, 4) is 0 Å². The fourth-order valence-corrected chi connectivity index (χ4v) is 3.41. The molecule has 0 spiro atoms. The first-order valence-electron chi connectivity index (χ1n) is 6.38. The molecule has 98 valence electrons. The molecule has 0 aromatic heterocycles. The Bertz CT molecular complexity index is 385. The van der Waals surface area contributed by atoms with Crippen LogP contribution >= 0.6 is 11.8 Å². The second-order valence-corrected chi connectivity index (χ2v) is 6.39. The van der Waals surface area contributed by atoms with E-state index in [1.807, 2.05) is 23.9 Å². The molecule has 2 atom stereocenters. The number of rotatable bonds is 3. The lowest BCUT2D eigenvalue weighted by molar-refractivity contribution is 0.204. The first-order valence-corrected chi connectivity index (χ1v) is 7.43. The maximum atomic E-state index is 9.06. The van der Waals surface area contributed by atoms with Gasteiger partial charge < -0.3 is 10.0 Å². The highest BCUT2D eigenvalue weighted by Gasteiger charge is 2.24. The highest BCUT2D eigenvalue weighted by atomic mass is 32.2. The average molecular weight is 265 g/mol. The highest BCUT2D eigenvalue weighted by molar-refractivity contribution is 8.00. The Morgan fingerprint density at radius 2 is 1.94 bits per heavy atom. The third kappa shape index (κ3) is 3.29. The predicted octanol–water partition coefficient (Wildman–Crippen LogP) is 0.692. The topological polar surface area (TPSA) is 43.7 Å². The fourth-order valence-electron chi connectivity index (χ4n) is 2.25. The molecule has 1 aliphatic rings. The maximum absolute atomic E-state index is 9.06. The van der Waals surface area contributed by atoms with Crippen LogP contribution in [0.3, 0.4) is 0 Å². The van der Waals surface area contributed by atoms with Crippen molar-refractivity contribution in [2.75, 3.05) is 12.3 Å². The molecule has 0 aliphatic carbocycles. The van der Waals surface area contributed by atoms with Crippen molar-refractivity contribution in [3.05, 3.63) is 29.8 Å². The van der Waals surface area contributed by atoms with Crippen LogP contribution in [0.15, 0.2) is 24.3 Å². The van der Waals surface area contributed by atoms with Crippen LogP contribution in [-0.2, 0) is 6.54 Å². The monoisotopic (exact) mass is 265 g/mol. The highest BCUT2D eigenvalue weighted by Crippen LogP contribution is 2.25. The second-order valence-electron chi connectivity index (χ2n) is 4.90. The lowest BCUT2D eigenvalue weighted by atomic mass is 9.80. The summed E-state index contributed by atoms with van der Waals surface area (Å²) in [4.78, 5) is 2.49. The first kappa shape index (κ1) is 13.9. The van der Waals surface area contributed by atoms with Gasteiger partial charge in [-0.05, 0) is 17.9 Å². The number of nitrogens with zero attached hydrogens (tertiary/aromatic N) is 1. The number of benzene rings is 1. The van der Waals surface area contributed by atoms with E-state index in [2.05, 4.69) is 18.7 Å². The largest absolute Gasteiger partial charge is 0.488 e. The molecule has 2 unspecified atom stereocenters. The van der Waals surface area contributed by atoms with Crippen molar-refractivity contribution >= 4 is 24.3 Å². The van der Waals surface area contributed by atoms with Crippen LogP contribution in [0.4, 0.5) is 0 Å². The molecule has 3 nitrogen and oxygen atoms in total. The van der Waals surface area contributed by atoms with Gasteiger partial charge in [0.1, 0.15) is 0 Å². The summed E-state index contributed by atoms with van der Waals surface area (Å²) in [6.45, 7) is 6.63. The normalized spacial score (nSPS) is 25.1. The minimum Gasteiger partial charge on any atom is -0.423 e. The van der Waals surface area contributed by atoms with Crippen molar-refractivity contribution in [1.82, 2.24) is 4.90 Å². The zero-order chi connectivity index (χ0) is 13.1. The van der Waals surface area contributed by atoms with Crippen LogP contribution in [0.2, 0.25) is 0 Å². The minimum atomic E-state index is -1.37. The van der Waals surface area contributed by atoms with Crippen molar-refractivity contribution in [1.29, 1.82) is 0 Å². The third-order valence-electron chi connectivity index (χ3n) is 3.68.